The summed E-state index contributed by atoms with van der Waals surface area (Å²) in [5.41, 5.74) is 13.5. The fraction of sp³-hybridized carbons (Fsp3) is 0.500. The molecule has 0 aromatic heterocycles. The summed E-state index contributed by atoms with van der Waals surface area (Å²) in [6.45, 7) is 1.91. The van der Waals surface area contributed by atoms with Crippen molar-refractivity contribution in [3.63, 3.8) is 0 Å². The number of carbonyl (C=O) groups is 1. The molecule has 0 saturated carbocycles. The number of hydrogen-bond acceptors (Lipinski definition) is 3. The van der Waals surface area contributed by atoms with Crippen LogP contribution in [0.15, 0.2) is 18.2 Å². The molecule has 0 unspecified atom stereocenters. The third-order valence-corrected chi connectivity index (χ3v) is 3.50. The van der Waals surface area contributed by atoms with E-state index in [-0.39, 0.29) is 0 Å². The average Bonchev–Trinajstić information content (AvgIpc) is 2.29. The molecule has 4 nitrogen and oxygen atoms in total. The Balaban J connectivity index is 2.32. The smallest absolute Gasteiger partial charge is 0.250 e. The van der Waals surface area contributed by atoms with Crippen LogP contribution in [0.1, 0.15) is 42.5 Å². The van der Waals surface area contributed by atoms with E-state index < -0.39 is 5.91 Å². The van der Waals surface area contributed by atoms with Gasteiger partial charge in [-0.1, -0.05) is 25.3 Å². The third kappa shape index (κ3) is 2.75. The number of nitrogens with two attached hydrogens (primary N) is 2. The van der Waals surface area contributed by atoms with Crippen molar-refractivity contribution in [1.82, 2.24) is 0 Å². The number of amides is 1. The van der Waals surface area contributed by atoms with E-state index in [2.05, 4.69) is 4.90 Å². The molecule has 4 heteroatoms. The lowest BCUT2D eigenvalue weighted by Gasteiger charge is -2.29. The minimum absolute atomic E-state index is 0.403. The topological polar surface area (TPSA) is 72.3 Å². The molecule has 0 aliphatic carbocycles. The van der Waals surface area contributed by atoms with Gasteiger partial charge in [0.15, 0.2) is 0 Å². The van der Waals surface area contributed by atoms with Gasteiger partial charge in [-0.25, -0.2) is 0 Å². The maximum atomic E-state index is 11.5. The van der Waals surface area contributed by atoms with Crippen molar-refractivity contribution in [2.75, 3.05) is 23.7 Å². The van der Waals surface area contributed by atoms with Crippen LogP contribution in [0.3, 0.4) is 0 Å². The van der Waals surface area contributed by atoms with E-state index in [9.17, 15) is 4.79 Å². The molecule has 0 bridgehead atoms. The number of rotatable bonds is 2. The number of carbonyl (C=O) groups excluding carboxylic acids is 1. The Hall–Kier alpha value is -1.71. The Morgan fingerprint density at radius 2 is 1.67 bits per heavy atom. The Kier molecular flexibility index (Phi) is 4.07. The number of primary amides is 1. The first-order valence-electron chi connectivity index (χ1n) is 6.63. The quantitative estimate of drug-likeness (QED) is 0.786. The lowest BCUT2D eigenvalue weighted by molar-refractivity contribution is 0.100. The summed E-state index contributed by atoms with van der Waals surface area (Å²) in [6.07, 6.45) is 6.09. The van der Waals surface area contributed by atoms with Gasteiger partial charge in [-0.2, -0.15) is 0 Å². The van der Waals surface area contributed by atoms with Gasteiger partial charge >= 0.3 is 0 Å². The molecular formula is C14H21N3O. The van der Waals surface area contributed by atoms with Crippen LogP contribution in [0.25, 0.3) is 0 Å². The second-order valence-electron chi connectivity index (χ2n) is 4.86. The van der Waals surface area contributed by atoms with Crippen LogP contribution in [0.5, 0.6) is 0 Å². The lowest BCUT2D eigenvalue weighted by atomic mass is 10.0. The fourth-order valence-electron chi connectivity index (χ4n) is 2.58. The molecule has 1 heterocycles. The highest BCUT2D eigenvalue weighted by Gasteiger charge is 2.18. The molecule has 1 aliphatic heterocycles. The number of benzene rings is 1. The van der Waals surface area contributed by atoms with Gasteiger partial charge in [0.25, 0.3) is 5.91 Å². The van der Waals surface area contributed by atoms with Crippen LogP contribution in [0, 0.1) is 0 Å². The predicted octanol–water partition coefficient (Wildman–Crippen LogP) is 2.14. The van der Waals surface area contributed by atoms with Crippen LogP contribution < -0.4 is 16.4 Å². The van der Waals surface area contributed by atoms with E-state index in [1.165, 1.54) is 19.3 Å². The number of nitrogens with zero attached hydrogens (tertiary/aromatic N) is 1. The van der Waals surface area contributed by atoms with Crippen LogP contribution in [-0.2, 0) is 0 Å². The average molecular weight is 247 g/mol. The maximum absolute atomic E-state index is 11.5. The predicted molar refractivity (Wildman–Crippen MR) is 74.7 cm³/mol. The van der Waals surface area contributed by atoms with Crippen molar-refractivity contribution in [3.05, 3.63) is 23.8 Å². The van der Waals surface area contributed by atoms with Gasteiger partial charge in [0.2, 0.25) is 0 Å². The largest absolute Gasteiger partial charge is 0.397 e. The normalized spacial score (nSPS) is 17.0. The summed E-state index contributed by atoms with van der Waals surface area (Å²) in [6, 6.07) is 5.37. The Morgan fingerprint density at radius 1 is 1.06 bits per heavy atom. The molecule has 1 aromatic rings. The van der Waals surface area contributed by atoms with Crippen molar-refractivity contribution < 1.29 is 4.79 Å². The van der Waals surface area contributed by atoms with Crippen molar-refractivity contribution in [1.29, 1.82) is 0 Å². The van der Waals surface area contributed by atoms with E-state index in [4.69, 9.17) is 11.5 Å². The Bertz CT molecular complexity index is 423. The standard InChI is InChI=1S/C14H21N3O/c15-12-8-6-7-11(14(16)18)13(12)17-9-4-2-1-3-5-10-17/h6-8H,1-5,9-10,15H2,(H2,16,18). The molecule has 4 N–H and O–H groups in total. The Labute approximate surface area is 108 Å². The highest BCUT2D eigenvalue weighted by molar-refractivity contribution is 6.01. The molecule has 18 heavy (non-hydrogen) atoms. The van der Waals surface area contributed by atoms with Crippen LogP contribution in [0.4, 0.5) is 11.4 Å². The molecule has 0 radical (unpaired) electrons. The first-order valence-corrected chi connectivity index (χ1v) is 6.63. The fourth-order valence-corrected chi connectivity index (χ4v) is 2.58. The minimum Gasteiger partial charge on any atom is -0.397 e. The summed E-state index contributed by atoms with van der Waals surface area (Å²) in [5, 5.41) is 0. The van der Waals surface area contributed by atoms with Gasteiger partial charge in [-0.15, -0.1) is 0 Å². The monoisotopic (exact) mass is 247 g/mol. The first-order chi connectivity index (χ1) is 8.70. The molecule has 1 aromatic carbocycles. The van der Waals surface area contributed by atoms with Gasteiger partial charge in [0.05, 0.1) is 16.9 Å². The highest BCUT2D eigenvalue weighted by atomic mass is 16.1. The second-order valence-corrected chi connectivity index (χ2v) is 4.86. The summed E-state index contributed by atoms with van der Waals surface area (Å²) in [4.78, 5) is 13.7. The first kappa shape index (κ1) is 12.7. The van der Waals surface area contributed by atoms with Gasteiger partial charge in [0, 0.05) is 13.1 Å². The Morgan fingerprint density at radius 3 is 2.28 bits per heavy atom. The molecule has 0 atom stereocenters. The summed E-state index contributed by atoms with van der Waals surface area (Å²) < 4.78 is 0. The summed E-state index contributed by atoms with van der Waals surface area (Å²) >= 11 is 0. The second kappa shape index (κ2) is 5.76. The van der Waals surface area contributed by atoms with Gasteiger partial charge in [-0.3, -0.25) is 4.79 Å². The molecule has 1 amide bonds. The molecule has 0 spiro atoms. The SMILES string of the molecule is NC(=O)c1cccc(N)c1N1CCCCCCC1. The molecule has 2 rings (SSSR count). The molecule has 1 saturated heterocycles. The van der Waals surface area contributed by atoms with Crippen molar-refractivity contribution in [2.24, 2.45) is 5.73 Å². The zero-order chi connectivity index (χ0) is 13.0. The highest BCUT2D eigenvalue weighted by Crippen LogP contribution is 2.29. The van der Waals surface area contributed by atoms with Gasteiger partial charge in [-0.05, 0) is 25.0 Å². The molecule has 98 valence electrons. The van der Waals surface area contributed by atoms with E-state index in [0.29, 0.717) is 11.3 Å². The van der Waals surface area contributed by atoms with Crippen LogP contribution >= 0.6 is 0 Å². The third-order valence-electron chi connectivity index (χ3n) is 3.50. The number of hydrogen-bond donors (Lipinski definition) is 2. The van der Waals surface area contributed by atoms with E-state index in [1.807, 2.05) is 6.07 Å². The summed E-state index contributed by atoms with van der Waals surface area (Å²) in [7, 11) is 0. The molecular weight excluding hydrogens is 226 g/mol. The number of nitrogen functional groups attached to an aromatic ring is 1. The molecule has 1 fully saturated rings. The number of para-hydroxylation sites is 1. The van der Waals surface area contributed by atoms with Crippen molar-refractivity contribution in [2.45, 2.75) is 32.1 Å². The molecule has 1 aliphatic rings. The van der Waals surface area contributed by atoms with Crippen molar-refractivity contribution >= 4 is 17.3 Å². The number of anilines is 2. The minimum atomic E-state index is -0.403. The maximum Gasteiger partial charge on any atom is 0.250 e. The van der Waals surface area contributed by atoms with Gasteiger partial charge < -0.3 is 16.4 Å². The zero-order valence-electron chi connectivity index (χ0n) is 10.7. The van der Waals surface area contributed by atoms with E-state index >= 15 is 0 Å². The van der Waals surface area contributed by atoms with Crippen LogP contribution in [-0.4, -0.2) is 19.0 Å². The van der Waals surface area contributed by atoms with Gasteiger partial charge in [0.1, 0.15) is 0 Å². The summed E-state index contributed by atoms with van der Waals surface area (Å²) in [5.74, 6) is -0.403. The zero-order valence-corrected chi connectivity index (χ0v) is 10.7. The lowest BCUT2D eigenvalue weighted by Crippen LogP contribution is -2.30. The van der Waals surface area contributed by atoms with E-state index in [1.54, 1.807) is 12.1 Å². The van der Waals surface area contributed by atoms with E-state index in [0.717, 1.165) is 31.6 Å². The van der Waals surface area contributed by atoms with Crippen molar-refractivity contribution in [3.8, 4) is 0 Å². The van der Waals surface area contributed by atoms with Crippen LogP contribution in [0.2, 0.25) is 0 Å².